The quantitative estimate of drug-likeness (QED) is 0.834. The van der Waals surface area contributed by atoms with E-state index in [2.05, 4.69) is 5.32 Å². The molecule has 0 aromatic heterocycles. The number of methoxy groups -OCH3 is 1. The van der Waals surface area contributed by atoms with Crippen molar-refractivity contribution in [3.05, 3.63) is 34.9 Å². The first-order valence-corrected chi connectivity index (χ1v) is 6.15. The van der Waals surface area contributed by atoms with Gasteiger partial charge >= 0.3 is 5.97 Å². The van der Waals surface area contributed by atoms with Crippen LogP contribution in [0.25, 0.3) is 0 Å². The molecule has 0 saturated carbocycles. The highest BCUT2D eigenvalue weighted by Gasteiger charge is 2.46. The van der Waals surface area contributed by atoms with Crippen molar-refractivity contribution in [2.75, 3.05) is 20.2 Å². The number of ether oxygens (including phenoxy) is 1. The topological polar surface area (TPSA) is 38.3 Å². The lowest BCUT2D eigenvalue weighted by molar-refractivity contribution is -0.146. The first kappa shape index (κ1) is 13.9. The smallest absolute Gasteiger partial charge is 0.310 e. The molecule has 2 atom stereocenters. The molecule has 1 aliphatic rings. The number of aryl methyl sites for hydroxylation is 1. The second-order valence-corrected chi connectivity index (χ2v) is 5.21. The predicted molar refractivity (Wildman–Crippen MR) is 66.8 cm³/mol. The number of nitrogens with one attached hydrogen (secondary N) is 1. The van der Waals surface area contributed by atoms with Gasteiger partial charge in [-0.3, -0.25) is 4.79 Å². The molecule has 1 heterocycles. The zero-order valence-electron chi connectivity index (χ0n) is 11.2. The number of hydrogen-bond acceptors (Lipinski definition) is 3. The van der Waals surface area contributed by atoms with E-state index in [9.17, 15) is 13.6 Å². The fourth-order valence-corrected chi connectivity index (χ4v) is 2.68. The summed E-state index contributed by atoms with van der Waals surface area (Å²) in [6.07, 6.45) is 0. The van der Waals surface area contributed by atoms with Crippen molar-refractivity contribution in [2.45, 2.75) is 19.3 Å². The Labute approximate surface area is 111 Å². The third kappa shape index (κ3) is 2.23. The molecule has 1 aromatic carbocycles. The molecule has 0 aliphatic carbocycles. The largest absolute Gasteiger partial charge is 0.469 e. The van der Waals surface area contributed by atoms with Gasteiger partial charge in [0.15, 0.2) is 0 Å². The number of hydrogen-bond donors (Lipinski definition) is 1. The molecule has 0 spiro atoms. The van der Waals surface area contributed by atoms with E-state index < -0.39 is 28.9 Å². The number of carbonyl (C=O) groups excluding carboxylic acids is 1. The number of esters is 1. The molecule has 1 aliphatic heterocycles. The van der Waals surface area contributed by atoms with Crippen LogP contribution < -0.4 is 5.32 Å². The van der Waals surface area contributed by atoms with Gasteiger partial charge in [0, 0.05) is 18.5 Å². The van der Waals surface area contributed by atoms with Gasteiger partial charge in [-0.25, -0.2) is 8.78 Å². The summed E-state index contributed by atoms with van der Waals surface area (Å²) in [6.45, 7) is 4.07. The van der Waals surface area contributed by atoms with Crippen molar-refractivity contribution in [3.63, 3.8) is 0 Å². The second-order valence-electron chi connectivity index (χ2n) is 5.21. The Kier molecular flexibility index (Phi) is 3.58. The van der Waals surface area contributed by atoms with E-state index in [1.54, 1.807) is 6.92 Å². The molecule has 104 valence electrons. The zero-order valence-corrected chi connectivity index (χ0v) is 11.2. The van der Waals surface area contributed by atoms with Crippen molar-refractivity contribution in [1.29, 1.82) is 0 Å². The summed E-state index contributed by atoms with van der Waals surface area (Å²) in [4.78, 5) is 11.8. The number of rotatable bonds is 2. The predicted octanol–water partition coefficient (Wildman–Crippen LogP) is 1.92. The molecule has 1 N–H and O–H groups in total. The highest BCUT2D eigenvalue weighted by Crippen LogP contribution is 2.38. The number of halogens is 2. The lowest BCUT2D eigenvalue weighted by Crippen LogP contribution is -2.38. The Morgan fingerprint density at radius 3 is 2.74 bits per heavy atom. The van der Waals surface area contributed by atoms with Crippen LogP contribution in [0.1, 0.15) is 18.1 Å². The fourth-order valence-electron chi connectivity index (χ4n) is 2.68. The summed E-state index contributed by atoms with van der Waals surface area (Å²) in [5.41, 5.74) is -0.326. The molecular formula is C14H17F2NO2. The first-order chi connectivity index (χ1) is 8.90. The molecule has 1 aromatic rings. The van der Waals surface area contributed by atoms with E-state index in [-0.39, 0.29) is 11.1 Å². The van der Waals surface area contributed by atoms with Gasteiger partial charge in [-0.15, -0.1) is 0 Å². The lowest BCUT2D eigenvalue weighted by atomic mass is 9.73. The summed E-state index contributed by atoms with van der Waals surface area (Å²) in [5.74, 6) is -1.88. The van der Waals surface area contributed by atoms with Crippen LogP contribution in [-0.2, 0) is 14.9 Å². The van der Waals surface area contributed by atoms with E-state index in [0.29, 0.717) is 13.1 Å². The Hall–Kier alpha value is -1.49. The number of benzene rings is 1. The molecule has 2 unspecified atom stereocenters. The normalized spacial score (nSPS) is 26.5. The van der Waals surface area contributed by atoms with Gasteiger partial charge in [-0.05, 0) is 30.2 Å². The van der Waals surface area contributed by atoms with Crippen LogP contribution in [-0.4, -0.2) is 26.2 Å². The van der Waals surface area contributed by atoms with Gasteiger partial charge < -0.3 is 10.1 Å². The maximum absolute atomic E-state index is 14.1. The maximum Gasteiger partial charge on any atom is 0.310 e. The minimum absolute atomic E-state index is 0.219. The number of carbonyl (C=O) groups is 1. The standard InChI is InChI=1S/C14H17F2NO2/c1-8-4-12(16)9(5-11(8)15)14(2)7-17-6-10(14)13(18)19-3/h4-5,10,17H,6-7H2,1-3H3. The molecule has 0 amide bonds. The third-order valence-electron chi connectivity index (χ3n) is 3.96. The third-order valence-corrected chi connectivity index (χ3v) is 3.96. The molecule has 0 radical (unpaired) electrons. The molecule has 1 fully saturated rings. The van der Waals surface area contributed by atoms with Crippen LogP contribution in [0.5, 0.6) is 0 Å². The van der Waals surface area contributed by atoms with Crippen molar-refractivity contribution < 1.29 is 18.3 Å². The molecule has 0 bridgehead atoms. The molecule has 3 nitrogen and oxygen atoms in total. The van der Waals surface area contributed by atoms with Gasteiger partial charge in [0.2, 0.25) is 0 Å². The van der Waals surface area contributed by atoms with Crippen LogP contribution in [0.15, 0.2) is 12.1 Å². The van der Waals surface area contributed by atoms with Crippen LogP contribution in [0.2, 0.25) is 0 Å². The summed E-state index contributed by atoms with van der Waals surface area (Å²) in [6, 6.07) is 2.36. The first-order valence-electron chi connectivity index (χ1n) is 6.15. The van der Waals surface area contributed by atoms with Crippen LogP contribution in [0.3, 0.4) is 0 Å². The molecule has 19 heavy (non-hydrogen) atoms. The SMILES string of the molecule is COC(=O)C1CNCC1(C)c1cc(F)c(C)cc1F. The van der Waals surface area contributed by atoms with Gasteiger partial charge in [0.1, 0.15) is 11.6 Å². The van der Waals surface area contributed by atoms with Crippen molar-refractivity contribution >= 4 is 5.97 Å². The Morgan fingerprint density at radius 1 is 1.42 bits per heavy atom. The fraction of sp³-hybridized carbons (Fsp3) is 0.500. The zero-order chi connectivity index (χ0) is 14.2. The van der Waals surface area contributed by atoms with Gasteiger partial charge in [-0.2, -0.15) is 0 Å². The minimum atomic E-state index is -0.800. The van der Waals surface area contributed by atoms with Crippen LogP contribution >= 0.6 is 0 Å². The van der Waals surface area contributed by atoms with E-state index in [1.807, 2.05) is 0 Å². The van der Waals surface area contributed by atoms with E-state index in [1.165, 1.54) is 26.2 Å². The highest BCUT2D eigenvalue weighted by molar-refractivity contribution is 5.75. The summed E-state index contributed by atoms with van der Waals surface area (Å²) in [5, 5.41) is 3.05. The monoisotopic (exact) mass is 269 g/mol. The summed E-state index contributed by atoms with van der Waals surface area (Å²) in [7, 11) is 1.30. The average molecular weight is 269 g/mol. The second kappa shape index (κ2) is 4.89. The average Bonchev–Trinajstić information content (AvgIpc) is 2.76. The summed E-state index contributed by atoms with van der Waals surface area (Å²) >= 11 is 0. The minimum Gasteiger partial charge on any atom is -0.469 e. The molecular weight excluding hydrogens is 252 g/mol. The molecule has 5 heteroatoms. The van der Waals surface area contributed by atoms with Crippen LogP contribution in [0.4, 0.5) is 8.78 Å². The van der Waals surface area contributed by atoms with Crippen molar-refractivity contribution in [2.24, 2.45) is 5.92 Å². The van der Waals surface area contributed by atoms with Crippen LogP contribution in [0, 0.1) is 24.5 Å². The van der Waals surface area contributed by atoms with Crippen molar-refractivity contribution in [1.82, 2.24) is 5.32 Å². The van der Waals surface area contributed by atoms with Gasteiger partial charge in [-0.1, -0.05) is 6.92 Å². The molecule has 1 saturated heterocycles. The maximum atomic E-state index is 14.1. The highest BCUT2D eigenvalue weighted by atomic mass is 19.1. The Bertz CT molecular complexity index is 518. The Morgan fingerprint density at radius 2 is 2.11 bits per heavy atom. The van der Waals surface area contributed by atoms with Crippen molar-refractivity contribution in [3.8, 4) is 0 Å². The molecule has 2 rings (SSSR count). The van der Waals surface area contributed by atoms with E-state index in [4.69, 9.17) is 4.74 Å². The Balaban J connectivity index is 2.49. The summed E-state index contributed by atoms with van der Waals surface area (Å²) < 4.78 is 32.6. The van der Waals surface area contributed by atoms with Gasteiger partial charge in [0.05, 0.1) is 13.0 Å². The van der Waals surface area contributed by atoms with E-state index in [0.717, 1.165) is 0 Å². The van der Waals surface area contributed by atoms with E-state index >= 15 is 0 Å². The van der Waals surface area contributed by atoms with Gasteiger partial charge in [0.25, 0.3) is 0 Å². The lowest BCUT2D eigenvalue weighted by Gasteiger charge is -2.30.